The van der Waals surface area contributed by atoms with Gasteiger partial charge < -0.3 is 18.9 Å². The first-order chi connectivity index (χ1) is 11.2. The van der Waals surface area contributed by atoms with Gasteiger partial charge in [-0.1, -0.05) is 0 Å². The van der Waals surface area contributed by atoms with Crippen molar-refractivity contribution in [3.63, 3.8) is 0 Å². The van der Waals surface area contributed by atoms with Crippen molar-refractivity contribution in [2.75, 3.05) is 26.4 Å². The Labute approximate surface area is 137 Å². The Morgan fingerprint density at radius 3 is 2.87 bits per heavy atom. The van der Waals surface area contributed by atoms with Crippen LogP contribution >= 0.6 is 0 Å². The molecule has 0 spiro atoms. The van der Waals surface area contributed by atoms with E-state index >= 15 is 0 Å². The fraction of sp³-hybridized carbons (Fsp3) is 0.722. The number of carbonyl (C=O) groups excluding carboxylic acids is 1. The zero-order chi connectivity index (χ0) is 15.8. The van der Waals surface area contributed by atoms with E-state index in [0.29, 0.717) is 19.1 Å². The average Bonchev–Trinajstić information content (AvgIpc) is 3.11. The Morgan fingerprint density at radius 1 is 1.30 bits per heavy atom. The molecular formula is C18H26N2O3. The number of aryl methyl sites for hydroxylation is 1. The van der Waals surface area contributed by atoms with E-state index in [-0.39, 0.29) is 18.1 Å². The van der Waals surface area contributed by atoms with Crippen LogP contribution in [-0.4, -0.2) is 53.9 Å². The quantitative estimate of drug-likeness (QED) is 0.835. The van der Waals surface area contributed by atoms with E-state index in [4.69, 9.17) is 9.47 Å². The molecule has 4 rings (SSSR count). The minimum absolute atomic E-state index is 0.135. The minimum Gasteiger partial charge on any atom is -0.381 e. The maximum Gasteiger partial charge on any atom is 0.270 e. The van der Waals surface area contributed by atoms with E-state index in [1.807, 2.05) is 34.8 Å². The van der Waals surface area contributed by atoms with Gasteiger partial charge in [-0.15, -0.1) is 0 Å². The number of morpholine rings is 1. The topological polar surface area (TPSA) is 43.7 Å². The highest BCUT2D eigenvalue weighted by Crippen LogP contribution is 2.36. The average molecular weight is 318 g/mol. The van der Waals surface area contributed by atoms with Crippen molar-refractivity contribution in [3.8, 4) is 0 Å². The van der Waals surface area contributed by atoms with Crippen LogP contribution in [0.5, 0.6) is 0 Å². The van der Waals surface area contributed by atoms with Crippen molar-refractivity contribution >= 4 is 5.91 Å². The number of ether oxygens (including phenoxy) is 2. The third-order valence-electron chi connectivity index (χ3n) is 5.46. The van der Waals surface area contributed by atoms with E-state index in [9.17, 15) is 4.79 Å². The Balaban J connectivity index is 1.39. The van der Waals surface area contributed by atoms with E-state index in [2.05, 4.69) is 0 Å². The Morgan fingerprint density at radius 2 is 2.13 bits per heavy atom. The lowest BCUT2D eigenvalue weighted by molar-refractivity contribution is -0.0453. The van der Waals surface area contributed by atoms with Gasteiger partial charge >= 0.3 is 0 Å². The molecule has 126 valence electrons. The largest absolute Gasteiger partial charge is 0.381 e. The molecule has 0 bridgehead atoms. The predicted molar refractivity (Wildman–Crippen MR) is 86.2 cm³/mol. The second-order valence-corrected chi connectivity index (χ2v) is 7.30. The van der Waals surface area contributed by atoms with Gasteiger partial charge in [-0.2, -0.15) is 0 Å². The summed E-state index contributed by atoms with van der Waals surface area (Å²) in [5.41, 5.74) is 0.763. The number of carbonyl (C=O) groups is 1. The van der Waals surface area contributed by atoms with E-state index in [1.165, 1.54) is 12.8 Å². The van der Waals surface area contributed by atoms with Crippen molar-refractivity contribution in [2.45, 2.75) is 37.8 Å². The molecule has 0 radical (unpaired) electrons. The van der Waals surface area contributed by atoms with Crippen LogP contribution < -0.4 is 0 Å². The predicted octanol–water partition coefficient (Wildman–Crippen LogP) is 2.07. The van der Waals surface area contributed by atoms with Crippen LogP contribution in [0.1, 0.15) is 36.2 Å². The summed E-state index contributed by atoms with van der Waals surface area (Å²) in [7, 11) is 1.92. The third kappa shape index (κ3) is 3.17. The molecule has 3 aliphatic rings. The molecule has 5 nitrogen and oxygen atoms in total. The lowest BCUT2D eigenvalue weighted by Crippen LogP contribution is -2.51. The van der Waals surface area contributed by atoms with Crippen LogP contribution in [0.2, 0.25) is 0 Å². The van der Waals surface area contributed by atoms with Crippen molar-refractivity contribution in [3.05, 3.63) is 24.0 Å². The first-order valence-corrected chi connectivity index (χ1v) is 8.84. The van der Waals surface area contributed by atoms with Gasteiger partial charge in [-0.05, 0) is 49.7 Å². The van der Waals surface area contributed by atoms with Crippen molar-refractivity contribution < 1.29 is 14.3 Å². The molecular weight excluding hydrogens is 292 g/mol. The molecule has 5 heteroatoms. The molecule has 3 fully saturated rings. The van der Waals surface area contributed by atoms with Gasteiger partial charge in [-0.3, -0.25) is 4.79 Å². The van der Waals surface area contributed by atoms with Gasteiger partial charge in [0, 0.05) is 33.0 Å². The summed E-state index contributed by atoms with van der Waals surface area (Å²) < 4.78 is 13.7. The number of rotatable bonds is 5. The molecule has 0 aromatic carbocycles. The molecule has 3 atom stereocenters. The normalized spacial score (nSPS) is 30.5. The maximum atomic E-state index is 12.9. The number of hydrogen-bond acceptors (Lipinski definition) is 3. The number of aromatic nitrogens is 1. The van der Waals surface area contributed by atoms with Crippen LogP contribution in [0.15, 0.2) is 18.3 Å². The van der Waals surface area contributed by atoms with Gasteiger partial charge in [0.2, 0.25) is 0 Å². The first-order valence-electron chi connectivity index (χ1n) is 8.84. The summed E-state index contributed by atoms with van der Waals surface area (Å²) in [6.45, 7) is 3.07. The molecule has 1 aromatic heterocycles. The highest BCUT2D eigenvalue weighted by atomic mass is 16.5. The molecule has 1 amide bonds. The van der Waals surface area contributed by atoms with Crippen LogP contribution in [0, 0.1) is 11.8 Å². The van der Waals surface area contributed by atoms with Gasteiger partial charge in [0.15, 0.2) is 0 Å². The van der Waals surface area contributed by atoms with Crippen molar-refractivity contribution in [1.82, 2.24) is 9.47 Å². The van der Waals surface area contributed by atoms with Gasteiger partial charge in [0.05, 0.1) is 18.8 Å². The standard InChI is InChI=1S/C18H26N2O3/c1-19-6-2-3-15(19)18(21)20-7-8-23-17-10-14(9-16(17)20)12-22-11-13-4-5-13/h2-3,6,13-14,16-17H,4-5,7-12H2,1H3/t14-,16-,17+/m0/s1. The molecule has 1 aliphatic heterocycles. The molecule has 0 unspecified atom stereocenters. The Kier molecular flexibility index (Phi) is 4.16. The van der Waals surface area contributed by atoms with Crippen LogP contribution in [0.4, 0.5) is 0 Å². The molecule has 23 heavy (non-hydrogen) atoms. The van der Waals surface area contributed by atoms with E-state index < -0.39 is 0 Å². The fourth-order valence-corrected chi connectivity index (χ4v) is 3.96. The minimum atomic E-state index is 0.135. The summed E-state index contributed by atoms with van der Waals surface area (Å²) in [6.07, 6.45) is 6.80. The fourth-order valence-electron chi connectivity index (χ4n) is 3.96. The molecule has 2 saturated carbocycles. The summed E-state index contributed by atoms with van der Waals surface area (Å²) in [5.74, 6) is 1.46. The van der Waals surface area contributed by atoms with Gasteiger partial charge in [-0.25, -0.2) is 0 Å². The highest BCUT2D eigenvalue weighted by molar-refractivity contribution is 5.93. The summed E-state index contributed by atoms with van der Waals surface area (Å²) >= 11 is 0. The smallest absolute Gasteiger partial charge is 0.270 e. The third-order valence-corrected chi connectivity index (χ3v) is 5.46. The molecule has 1 aromatic rings. The maximum absolute atomic E-state index is 12.9. The second kappa shape index (κ2) is 6.29. The first kappa shape index (κ1) is 15.2. The van der Waals surface area contributed by atoms with Crippen LogP contribution in [0.25, 0.3) is 0 Å². The highest BCUT2D eigenvalue weighted by Gasteiger charge is 2.43. The Hall–Kier alpha value is -1.33. The van der Waals surface area contributed by atoms with Crippen LogP contribution in [0.3, 0.4) is 0 Å². The SMILES string of the molecule is Cn1cccc1C(=O)N1CCO[C@@H]2C[C@@H](COCC3CC3)C[C@@H]21. The molecule has 0 N–H and O–H groups in total. The molecule has 2 heterocycles. The lowest BCUT2D eigenvalue weighted by atomic mass is 10.1. The summed E-state index contributed by atoms with van der Waals surface area (Å²) in [6, 6.07) is 4.03. The molecule has 2 aliphatic carbocycles. The zero-order valence-corrected chi connectivity index (χ0v) is 13.8. The van der Waals surface area contributed by atoms with E-state index in [1.54, 1.807) is 0 Å². The second-order valence-electron chi connectivity index (χ2n) is 7.30. The van der Waals surface area contributed by atoms with Crippen molar-refractivity contribution in [1.29, 1.82) is 0 Å². The monoisotopic (exact) mass is 318 g/mol. The Bertz CT molecular complexity index is 566. The number of fused-ring (bicyclic) bond motifs is 1. The van der Waals surface area contributed by atoms with Gasteiger partial charge in [0.1, 0.15) is 5.69 Å². The number of amides is 1. The molecule has 1 saturated heterocycles. The summed E-state index contributed by atoms with van der Waals surface area (Å²) in [5, 5.41) is 0. The zero-order valence-electron chi connectivity index (χ0n) is 13.8. The number of hydrogen-bond donors (Lipinski definition) is 0. The van der Waals surface area contributed by atoms with Crippen molar-refractivity contribution in [2.24, 2.45) is 18.9 Å². The lowest BCUT2D eigenvalue weighted by Gasteiger charge is -2.37. The van der Waals surface area contributed by atoms with E-state index in [0.717, 1.165) is 37.7 Å². The number of nitrogens with zero attached hydrogens (tertiary/aromatic N) is 2. The summed E-state index contributed by atoms with van der Waals surface area (Å²) in [4.78, 5) is 14.9. The van der Waals surface area contributed by atoms with Crippen LogP contribution in [-0.2, 0) is 16.5 Å². The van der Waals surface area contributed by atoms with Gasteiger partial charge in [0.25, 0.3) is 5.91 Å².